The minimum Gasteiger partial charge on any atom is -0.452 e. The first kappa shape index (κ1) is 19.4. The molecule has 1 aliphatic heterocycles. The fraction of sp³-hybridized carbons (Fsp3) is 0.450. The van der Waals surface area contributed by atoms with Gasteiger partial charge in [-0.1, -0.05) is 25.0 Å². The van der Waals surface area contributed by atoms with E-state index in [1.54, 1.807) is 24.4 Å². The molecule has 0 unspecified atom stereocenters. The number of hydrogen-bond donors (Lipinski definition) is 1. The Balaban J connectivity index is 1.28. The van der Waals surface area contributed by atoms with Crippen LogP contribution in [-0.2, 0) is 9.53 Å². The van der Waals surface area contributed by atoms with Crippen molar-refractivity contribution in [3.8, 4) is 0 Å². The van der Waals surface area contributed by atoms with Crippen molar-refractivity contribution in [2.24, 2.45) is 0 Å². The van der Waals surface area contributed by atoms with E-state index in [4.69, 9.17) is 4.74 Å². The number of aromatic nitrogens is 2. The van der Waals surface area contributed by atoms with Gasteiger partial charge in [0.2, 0.25) is 0 Å². The predicted molar refractivity (Wildman–Crippen MR) is 113 cm³/mol. The topological polar surface area (TPSA) is 73.2 Å². The van der Waals surface area contributed by atoms with Gasteiger partial charge in [0.25, 0.3) is 5.91 Å². The zero-order valence-electron chi connectivity index (χ0n) is 15.5. The number of carbonyl (C=O) groups excluding carboxylic acids is 2. The van der Waals surface area contributed by atoms with E-state index in [9.17, 15) is 9.59 Å². The lowest BCUT2D eigenvalue weighted by atomic mass is 10.1. The molecule has 1 aromatic carbocycles. The summed E-state index contributed by atoms with van der Waals surface area (Å²) in [4.78, 5) is 24.4. The van der Waals surface area contributed by atoms with Gasteiger partial charge in [-0.25, -0.2) is 9.48 Å². The summed E-state index contributed by atoms with van der Waals surface area (Å²) >= 11 is 3.84. The predicted octanol–water partition coefficient (Wildman–Crippen LogP) is 4.27. The highest BCUT2D eigenvalue weighted by molar-refractivity contribution is 8.19. The molecular formula is C20H23N3O3S2. The van der Waals surface area contributed by atoms with Crippen LogP contribution in [0.25, 0.3) is 0 Å². The second kappa shape index (κ2) is 9.05. The fourth-order valence-electron chi connectivity index (χ4n) is 3.57. The van der Waals surface area contributed by atoms with E-state index in [-0.39, 0.29) is 12.5 Å². The lowest BCUT2D eigenvalue weighted by Crippen LogP contribution is -2.23. The minimum atomic E-state index is -0.488. The number of ether oxygens (including phenoxy) is 1. The number of benzene rings is 1. The second-order valence-electron chi connectivity index (χ2n) is 6.92. The van der Waals surface area contributed by atoms with E-state index < -0.39 is 5.97 Å². The van der Waals surface area contributed by atoms with Gasteiger partial charge < -0.3 is 10.1 Å². The van der Waals surface area contributed by atoms with E-state index in [0.29, 0.717) is 22.0 Å². The van der Waals surface area contributed by atoms with Gasteiger partial charge >= 0.3 is 5.97 Å². The van der Waals surface area contributed by atoms with Gasteiger partial charge in [-0.15, -0.1) is 23.5 Å². The zero-order valence-corrected chi connectivity index (χ0v) is 17.1. The molecule has 1 aromatic heterocycles. The van der Waals surface area contributed by atoms with Crippen molar-refractivity contribution >= 4 is 41.2 Å². The number of nitrogens with zero attached hydrogens (tertiary/aromatic N) is 2. The fourth-order valence-corrected chi connectivity index (χ4v) is 6.43. The van der Waals surface area contributed by atoms with Crippen LogP contribution in [0, 0.1) is 0 Å². The van der Waals surface area contributed by atoms with Crippen molar-refractivity contribution in [3.63, 3.8) is 0 Å². The quantitative estimate of drug-likeness (QED) is 0.708. The first-order chi connectivity index (χ1) is 13.7. The largest absolute Gasteiger partial charge is 0.452 e. The zero-order chi connectivity index (χ0) is 19.3. The Morgan fingerprint density at radius 3 is 2.54 bits per heavy atom. The average Bonchev–Trinajstić information content (AvgIpc) is 3.48. The third kappa shape index (κ3) is 4.55. The lowest BCUT2D eigenvalue weighted by molar-refractivity contribution is -0.119. The Labute approximate surface area is 172 Å². The summed E-state index contributed by atoms with van der Waals surface area (Å²) in [6.45, 7) is -0.315. The molecule has 0 radical (unpaired) electrons. The number of amides is 1. The van der Waals surface area contributed by atoms with Crippen molar-refractivity contribution in [1.82, 2.24) is 9.78 Å². The summed E-state index contributed by atoms with van der Waals surface area (Å²) in [6.07, 6.45) is 6.21. The highest BCUT2D eigenvalue weighted by Crippen LogP contribution is 2.45. The summed E-state index contributed by atoms with van der Waals surface area (Å²) in [6, 6.07) is 9.58. The SMILES string of the molecule is O=C(COC(=O)c1ccc(C2SCCS2)cc1)Nc1ccnn1C1CCCC1. The molecule has 6 nitrogen and oxygen atoms in total. The highest BCUT2D eigenvalue weighted by Gasteiger charge is 2.21. The van der Waals surface area contributed by atoms with Crippen LogP contribution in [-0.4, -0.2) is 39.8 Å². The minimum absolute atomic E-state index is 0.315. The molecule has 2 aromatic rings. The van der Waals surface area contributed by atoms with Crippen molar-refractivity contribution in [2.75, 3.05) is 23.4 Å². The van der Waals surface area contributed by atoms with E-state index in [1.165, 1.54) is 18.4 Å². The van der Waals surface area contributed by atoms with Crippen LogP contribution in [0.1, 0.15) is 52.2 Å². The number of carbonyl (C=O) groups is 2. The van der Waals surface area contributed by atoms with Crippen LogP contribution in [0.3, 0.4) is 0 Å². The van der Waals surface area contributed by atoms with Gasteiger partial charge in [0, 0.05) is 17.6 Å². The van der Waals surface area contributed by atoms with E-state index in [1.807, 2.05) is 40.3 Å². The number of thioether (sulfide) groups is 2. The molecular weight excluding hydrogens is 394 g/mol. The van der Waals surface area contributed by atoms with Gasteiger partial charge in [0.15, 0.2) is 6.61 Å². The number of anilines is 1. The van der Waals surface area contributed by atoms with Crippen molar-refractivity contribution in [3.05, 3.63) is 47.7 Å². The first-order valence-electron chi connectivity index (χ1n) is 9.54. The number of hydrogen-bond acceptors (Lipinski definition) is 6. The monoisotopic (exact) mass is 417 g/mol. The molecule has 28 heavy (non-hydrogen) atoms. The van der Waals surface area contributed by atoms with Gasteiger partial charge in [0.05, 0.1) is 22.4 Å². The Hall–Kier alpha value is -1.93. The van der Waals surface area contributed by atoms with Crippen molar-refractivity contribution < 1.29 is 14.3 Å². The third-order valence-electron chi connectivity index (χ3n) is 4.98. The molecule has 148 valence electrons. The van der Waals surface area contributed by atoms with Gasteiger partial charge in [0.1, 0.15) is 5.82 Å². The molecule has 1 aliphatic carbocycles. The summed E-state index contributed by atoms with van der Waals surface area (Å²) in [5, 5.41) is 7.12. The summed E-state index contributed by atoms with van der Waals surface area (Å²) in [7, 11) is 0. The molecule has 4 rings (SSSR count). The summed E-state index contributed by atoms with van der Waals surface area (Å²) in [5.41, 5.74) is 1.67. The standard InChI is InChI=1S/C20H23N3O3S2/c24-18(22-17-9-10-21-23(17)16-3-1-2-4-16)13-26-19(25)14-5-7-15(8-6-14)20-27-11-12-28-20/h5-10,16,20H,1-4,11-13H2,(H,22,24). The van der Waals surface area contributed by atoms with Gasteiger partial charge in [-0.2, -0.15) is 5.10 Å². The first-order valence-corrected chi connectivity index (χ1v) is 11.6. The molecule has 1 saturated carbocycles. The average molecular weight is 418 g/mol. The summed E-state index contributed by atoms with van der Waals surface area (Å²) in [5.74, 6) is 2.13. The van der Waals surface area contributed by atoms with Crippen molar-refractivity contribution in [2.45, 2.75) is 36.3 Å². The lowest BCUT2D eigenvalue weighted by Gasteiger charge is -2.14. The molecule has 0 bridgehead atoms. The molecule has 1 amide bonds. The molecule has 1 saturated heterocycles. The number of nitrogens with one attached hydrogen (secondary N) is 1. The van der Waals surface area contributed by atoms with Crippen LogP contribution in [0.15, 0.2) is 36.5 Å². The van der Waals surface area contributed by atoms with Crippen LogP contribution in [0.2, 0.25) is 0 Å². The number of rotatable bonds is 6. The maximum absolute atomic E-state index is 12.2. The second-order valence-corrected chi connectivity index (χ2v) is 9.64. The van der Waals surface area contributed by atoms with Gasteiger partial charge in [-0.3, -0.25) is 4.79 Å². The van der Waals surface area contributed by atoms with Crippen LogP contribution in [0.4, 0.5) is 5.82 Å². The van der Waals surface area contributed by atoms with Crippen LogP contribution in [0.5, 0.6) is 0 Å². The molecule has 0 atom stereocenters. The molecule has 2 heterocycles. The Morgan fingerprint density at radius 1 is 1.11 bits per heavy atom. The molecule has 2 fully saturated rings. The Kier molecular flexibility index (Phi) is 6.26. The summed E-state index contributed by atoms with van der Waals surface area (Å²) < 4.78 is 7.49. The van der Waals surface area contributed by atoms with E-state index >= 15 is 0 Å². The normalized spacial score (nSPS) is 17.7. The van der Waals surface area contributed by atoms with Crippen LogP contribution >= 0.6 is 23.5 Å². The third-order valence-corrected chi connectivity index (χ3v) is 8.09. The van der Waals surface area contributed by atoms with E-state index in [2.05, 4.69) is 10.4 Å². The van der Waals surface area contributed by atoms with Gasteiger partial charge in [-0.05, 0) is 30.5 Å². The maximum Gasteiger partial charge on any atom is 0.338 e. The molecule has 1 N–H and O–H groups in total. The molecule has 0 spiro atoms. The highest BCUT2D eigenvalue weighted by atomic mass is 32.2. The van der Waals surface area contributed by atoms with E-state index in [0.717, 1.165) is 24.3 Å². The smallest absolute Gasteiger partial charge is 0.338 e. The maximum atomic E-state index is 12.2. The van der Waals surface area contributed by atoms with Crippen LogP contribution < -0.4 is 5.32 Å². The number of esters is 1. The Bertz CT molecular complexity index is 825. The molecule has 8 heteroatoms. The Morgan fingerprint density at radius 2 is 1.82 bits per heavy atom. The molecule has 2 aliphatic rings. The van der Waals surface area contributed by atoms with Crippen molar-refractivity contribution in [1.29, 1.82) is 0 Å².